The number of aromatic nitrogens is 2. The third-order valence-electron chi connectivity index (χ3n) is 6.99. The van der Waals surface area contributed by atoms with Gasteiger partial charge in [0.1, 0.15) is 0 Å². The summed E-state index contributed by atoms with van der Waals surface area (Å²) in [5, 5.41) is 9.26. The van der Waals surface area contributed by atoms with Crippen LogP contribution in [0.2, 0.25) is 0 Å². The number of nitrogens with zero attached hydrogens (tertiary/aromatic N) is 3. The molecule has 6 rings (SSSR count). The Hall–Kier alpha value is -6.27. The highest BCUT2D eigenvalue weighted by molar-refractivity contribution is 6.01. The van der Waals surface area contributed by atoms with E-state index in [1.54, 1.807) is 36.8 Å². The number of benzene rings is 4. The van der Waals surface area contributed by atoms with Crippen molar-refractivity contribution in [2.75, 3.05) is 11.1 Å². The summed E-state index contributed by atoms with van der Waals surface area (Å²) >= 11 is 0. The summed E-state index contributed by atoms with van der Waals surface area (Å²) in [4.78, 5) is 33.0. The molecule has 6 aromatic rings. The molecule has 0 unspecified atom stereocenters. The van der Waals surface area contributed by atoms with Gasteiger partial charge in [0.05, 0.1) is 23.4 Å². The molecule has 14 heteroatoms. The number of hydrogen-bond acceptors (Lipinski definition) is 6. The molecule has 0 aliphatic heterocycles. The molecule has 0 aliphatic carbocycles. The number of urea groups is 1. The van der Waals surface area contributed by atoms with Gasteiger partial charge in [-0.3, -0.25) is 9.97 Å². The van der Waals surface area contributed by atoms with E-state index in [0.717, 1.165) is 51.5 Å². The molecule has 256 valence electrons. The number of alkyl halides is 6. The highest BCUT2D eigenvalue weighted by Gasteiger charge is 2.30. The van der Waals surface area contributed by atoms with Gasteiger partial charge in [0.2, 0.25) is 6.08 Å². The first kappa shape index (κ1) is 36.6. The van der Waals surface area contributed by atoms with Gasteiger partial charge in [0.25, 0.3) is 0 Å². The van der Waals surface area contributed by atoms with Crippen LogP contribution >= 0.6 is 0 Å². The molecular formula is C36H28F6N6O2. The number of halogens is 6. The van der Waals surface area contributed by atoms with Crippen molar-refractivity contribution >= 4 is 45.0 Å². The van der Waals surface area contributed by atoms with Crippen LogP contribution in [0.25, 0.3) is 21.5 Å². The Morgan fingerprint density at radius 2 is 1.22 bits per heavy atom. The first-order chi connectivity index (χ1) is 23.8. The van der Waals surface area contributed by atoms with Crippen LogP contribution in [0.15, 0.2) is 127 Å². The van der Waals surface area contributed by atoms with E-state index in [1.807, 2.05) is 36.5 Å². The molecule has 0 saturated carbocycles. The van der Waals surface area contributed by atoms with Gasteiger partial charge in [-0.05, 0) is 59.7 Å². The number of fused-ring (bicyclic) bond motifs is 2. The molecule has 0 radical (unpaired) electrons. The molecular weight excluding hydrogens is 662 g/mol. The zero-order valence-electron chi connectivity index (χ0n) is 26.0. The first-order valence-corrected chi connectivity index (χ1v) is 14.7. The third kappa shape index (κ3) is 10.6. The van der Waals surface area contributed by atoms with Crippen molar-refractivity contribution in [3.63, 3.8) is 0 Å². The van der Waals surface area contributed by atoms with Gasteiger partial charge < -0.3 is 16.4 Å². The zero-order valence-corrected chi connectivity index (χ0v) is 26.0. The third-order valence-corrected chi connectivity index (χ3v) is 6.99. The van der Waals surface area contributed by atoms with Crippen LogP contribution in [0.4, 0.5) is 42.5 Å². The number of nitrogens with two attached hydrogens (primary N) is 1. The molecule has 2 heterocycles. The average molecular weight is 691 g/mol. The van der Waals surface area contributed by atoms with Crippen molar-refractivity contribution in [2.24, 2.45) is 4.99 Å². The van der Waals surface area contributed by atoms with E-state index in [1.165, 1.54) is 30.3 Å². The van der Waals surface area contributed by atoms with Crippen LogP contribution in [0, 0.1) is 0 Å². The fourth-order valence-corrected chi connectivity index (χ4v) is 4.46. The summed E-state index contributed by atoms with van der Waals surface area (Å²) in [7, 11) is 0. The Morgan fingerprint density at radius 3 is 1.76 bits per heavy atom. The zero-order chi connectivity index (χ0) is 36.1. The van der Waals surface area contributed by atoms with Crippen LogP contribution in [0.5, 0.6) is 0 Å². The normalized spacial score (nSPS) is 10.9. The van der Waals surface area contributed by atoms with E-state index >= 15 is 0 Å². The molecule has 0 aliphatic rings. The number of nitrogens with one attached hydrogen (secondary N) is 2. The lowest BCUT2D eigenvalue weighted by molar-refractivity contribution is -0.138. The lowest BCUT2D eigenvalue weighted by Crippen LogP contribution is -2.28. The second kappa shape index (κ2) is 16.7. The fourth-order valence-electron chi connectivity index (χ4n) is 4.46. The van der Waals surface area contributed by atoms with Gasteiger partial charge in [-0.25, -0.2) is 14.6 Å². The minimum atomic E-state index is -4.37. The number of aliphatic imine (C=N–C) groups is 1. The van der Waals surface area contributed by atoms with Crippen LogP contribution in [-0.4, -0.2) is 22.1 Å². The molecule has 0 fully saturated rings. The van der Waals surface area contributed by atoms with Gasteiger partial charge in [-0.15, -0.1) is 0 Å². The standard InChI is InChI=1S/C18H14F3N3O.C9H6F3NO.C9H8N2/c19-18(20,21)14-6-4-12(5-7-14)10-23-17(25)24-16-3-1-2-13-11-22-9-8-15(13)16;10-9(11,12)8-3-1-7(2-4-8)5-13-6-14;10-9-3-1-2-7-6-11-5-4-8(7)9/h1-9,11H,10H2,(H2,23,24,25);1-4H,5H2;1-6H,10H2. The molecule has 50 heavy (non-hydrogen) atoms. The summed E-state index contributed by atoms with van der Waals surface area (Å²) in [6.45, 7) is 0.179. The van der Waals surface area contributed by atoms with Crippen molar-refractivity contribution < 1.29 is 35.9 Å². The molecule has 0 spiro atoms. The minimum absolute atomic E-state index is 0.0572. The number of hydrogen-bond donors (Lipinski definition) is 3. The SMILES string of the molecule is Nc1cccc2cnccc12.O=C(NCc1ccc(C(F)(F)F)cc1)Nc1cccc2cnccc12.O=C=NCc1ccc(C(F)(F)F)cc1. The average Bonchev–Trinajstić information content (AvgIpc) is 3.10. The second-order valence-corrected chi connectivity index (χ2v) is 10.5. The molecule has 2 amide bonds. The van der Waals surface area contributed by atoms with Crippen molar-refractivity contribution in [3.8, 4) is 0 Å². The quantitative estimate of drug-likeness (QED) is 0.0722. The van der Waals surface area contributed by atoms with Crippen molar-refractivity contribution in [1.29, 1.82) is 0 Å². The predicted octanol–water partition coefficient (Wildman–Crippen LogP) is 8.93. The number of anilines is 2. The minimum Gasteiger partial charge on any atom is -0.398 e. The smallest absolute Gasteiger partial charge is 0.398 e. The highest BCUT2D eigenvalue weighted by Crippen LogP contribution is 2.30. The Bertz CT molecular complexity index is 2070. The summed E-state index contributed by atoms with van der Waals surface area (Å²) in [6.07, 6.45) is -0.494. The molecule has 4 N–H and O–H groups in total. The number of isocyanates is 1. The molecule has 4 aromatic carbocycles. The van der Waals surface area contributed by atoms with Gasteiger partial charge >= 0.3 is 18.4 Å². The Kier molecular flexibility index (Phi) is 12.2. The highest BCUT2D eigenvalue weighted by atomic mass is 19.4. The topological polar surface area (TPSA) is 122 Å². The number of pyridine rings is 2. The van der Waals surface area contributed by atoms with E-state index in [2.05, 4.69) is 25.6 Å². The number of rotatable bonds is 5. The van der Waals surface area contributed by atoms with Gasteiger partial charge in [0, 0.05) is 58.6 Å². The maximum atomic E-state index is 12.5. The van der Waals surface area contributed by atoms with E-state index in [-0.39, 0.29) is 13.1 Å². The van der Waals surface area contributed by atoms with Crippen LogP contribution in [0.3, 0.4) is 0 Å². The second-order valence-electron chi connectivity index (χ2n) is 10.5. The molecule has 2 aromatic heterocycles. The van der Waals surface area contributed by atoms with Crippen molar-refractivity contribution in [1.82, 2.24) is 15.3 Å². The lowest BCUT2D eigenvalue weighted by Gasteiger charge is -2.11. The van der Waals surface area contributed by atoms with E-state index in [4.69, 9.17) is 5.73 Å². The Morgan fingerprint density at radius 1 is 0.700 bits per heavy atom. The van der Waals surface area contributed by atoms with Crippen LogP contribution in [0.1, 0.15) is 22.3 Å². The van der Waals surface area contributed by atoms with Crippen molar-refractivity contribution in [2.45, 2.75) is 25.4 Å². The predicted molar refractivity (Wildman–Crippen MR) is 178 cm³/mol. The van der Waals surface area contributed by atoms with Gasteiger partial charge in [-0.2, -0.15) is 26.3 Å². The number of carbonyl (C=O) groups is 1. The lowest BCUT2D eigenvalue weighted by atomic mass is 10.1. The van der Waals surface area contributed by atoms with Gasteiger partial charge in [0.15, 0.2) is 0 Å². The molecule has 0 bridgehead atoms. The summed E-state index contributed by atoms with van der Waals surface area (Å²) in [6, 6.07) is 23.7. The van der Waals surface area contributed by atoms with E-state index in [9.17, 15) is 35.9 Å². The molecule has 0 atom stereocenters. The van der Waals surface area contributed by atoms with Crippen molar-refractivity contribution in [3.05, 3.63) is 144 Å². The maximum Gasteiger partial charge on any atom is 0.416 e. The largest absolute Gasteiger partial charge is 0.416 e. The monoisotopic (exact) mass is 690 g/mol. The number of carbonyl (C=O) groups excluding carboxylic acids is 2. The molecule has 0 saturated heterocycles. The van der Waals surface area contributed by atoms with Crippen LogP contribution < -0.4 is 16.4 Å². The van der Waals surface area contributed by atoms with Crippen LogP contribution in [-0.2, 0) is 30.2 Å². The summed E-state index contributed by atoms with van der Waals surface area (Å²) in [5.74, 6) is 0. The van der Waals surface area contributed by atoms with Gasteiger partial charge in [-0.1, -0.05) is 48.5 Å². The van der Waals surface area contributed by atoms with E-state index in [0.29, 0.717) is 16.8 Å². The first-order valence-electron chi connectivity index (χ1n) is 14.7. The number of nitrogen functional groups attached to an aromatic ring is 1. The summed E-state index contributed by atoms with van der Waals surface area (Å²) in [5.41, 5.74) is 6.86. The molecule has 8 nitrogen and oxygen atoms in total. The number of amides is 2. The Balaban J connectivity index is 0.000000188. The maximum absolute atomic E-state index is 12.5. The van der Waals surface area contributed by atoms with E-state index < -0.39 is 29.5 Å². The summed E-state index contributed by atoms with van der Waals surface area (Å²) < 4.78 is 73.8. The Labute approximate surface area is 281 Å². The fraction of sp³-hybridized carbons (Fsp3) is 0.111.